The largest absolute Gasteiger partial charge is 0.491 e. The number of hydrogen-bond acceptors (Lipinski definition) is 5. The van der Waals surface area contributed by atoms with E-state index in [2.05, 4.69) is 82.1 Å². The van der Waals surface area contributed by atoms with E-state index in [0.29, 0.717) is 18.4 Å². The van der Waals surface area contributed by atoms with Crippen LogP contribution in [0.25, 0.3) is 21.0 Å². The Labute approximate surface area is 244 Å². The number of aliphatic hydroxyl groups is 1. The van der Waals surface area contributed by atoms with Gasteiger partial charge in [0.15, 0.2) is 0 Å². The Morgan fingerprint density at radius 1 is 1.12 bits per heavy atom. The van der Waals surface area contributed by atoms with Crippen LogP contribution in [0.4, 0.5) is 0 Å². The molecular weight excluding hydrogens is 514 g/mol. The molecule has 1 N–H and O–H groups in total. The number of hydrogen-bond donors (Lipinski definition) is 1. The third-order valence-corrected chi connectivity index (χ3v) is 9.71. The minimum absolute atomic E-state index is 0.153. The lowest BCUT2D eigenvalue weighted by molar-refractivity contribution is 0.165. The summed E-state index contributed by atoms with van der Waals surface area (Å²) < 4.78 is 6.14. The first-order valence-corrected chi connectivity index (χ1v) is 16.0. The van der Waals surface area contributed by atoms with Crippen LogP contribution in [0.1, 0.15) is 95.4 Å². The van der Waals surface area contributed by atoms with Gasteiger partial charge in [-0.1, -0.05) is 39.0 Å². The van der Waals surface area contributed by atoms with Gasteiger partial charge in [-0.2, -0.15) is 0 Å². The molecule has 2 aliphatic rings. The van der Waals surface area contributed by atoms with E-state index in [9.17, 15) is 5.11 Å². The molecule has 0 amide bonds. The fraction of sp³-hybridized carbons (Fsp3) is 0.529. The average Bonchev–Trinajstić information content (AvgIpc) is 3.63. The summed E-state index contributed by atoms with van der Waals surface area (Å²) in [6.07, 6.45) is 8.45. The zero-order valence-corrected chi connectivity index (χ0v) is 25.6. The lowest BCUT2D eigenvalue weighted by Gasteiger charge is -2.33. The lowest BCUT2D eigenvalue weighted by Crippen LogP contribution is -2.39. The molecule has 0 radical (unpaired) electrons. The molecule has 5 rings (SSSR count). The molecule has 3 aromatic rings. The Morgan fingerprint density at radius 2 is 1.93 bits per heavy atom. The summed E-state index contributed by atoms with van der Waals surface area (Å²) in [6, 6.07) is 13.5. The van der Waals surface area contributed by atoms with E-state index in [1.807, 2.05) is 0 Å². The van der Waals surface area contributed by atoms with Crippen molar-refractivity contribution in [1.29, 1.82) is 0 Å². The number of nitrogens with zero attached hydrogens (tertiary/aromatic N) is 3. The predicted octanol–water partition coefficient (Wildman–Crippen LogP) is 8.28. The molecule has 0 saturated carbocycles. The van der Waals surface area contributed by atoms with Crippen molar-refractivity contribution in [3.05, 3.63) is 59.3 Å². The summed E-state index contributed by atoms with van der Waals surface area (Å²) in [5.41, 5.74) is 6.54. The minimum atomic E-state index is 0.153. The van der Waals surface area contributed by atoms with Crippen LogP contribution in [0.5, 0.6) is 5.75 Å². The van der Waals surface area contributed by atoms with E-state index >= 15 is 0 Å². The predicted molar refractivity (Wildman–Crippen MR) is 168 cm³/mol. The molecule has 1 aromatic heterocycles. The maximum atomic E-state index is 9.52. The summed E-state index contributed by atoms with van der Waals surface area (Å²) in [5.74, 6) is 3.08. The van der Waals surface area contributed by atoms with Crippen LogP contribution in [0.2, 0.25) is 0 Å². The number of rotatable bonds is 9. The maximum absolute atomic E-state index is 9.52. The topological polar surface area (TPSA) is 58.0 Å². The van der Waals surface area contributed by atoms with Crippen molar-refractivity contribution in [3.63, 3.8) is 0 Å². The number of fused-ring (bicyclic) bond motifs is 1. The molecular formula is C34H45N3O2S. The van der Waals surface area contributed by atoms with Gasteiger partial charge < -0.3 is 14.7 Å². The Balaban J connectivity index is 1.39. The van der Waals surface area contributed by atoms with Gasteiger partial charge in [0.25, 0.3) is 0 Å². The lowest BCUT2D eigenvalue weighted by atomic mass is 9.96. The van der Waals surface area contributed by atoms with Crippen molar-refractivity contribution in [2.75, 3.05) is 19.7 Å². The van der Waals surface area contributed by atoms with Gasteiger partial charge in [-0.25, -0.2) is 4.98 Å². The van der Waals surface area contributed by atoms with Crippen molar-refractivity contribution in [2.45, 2.75) is 91.2 Å². The number of likely N-dealkylation sites (tertiary alicyclic amines) is 1. The van der Waals surface area contributed by atoms with Crippen LogP contribution >= 0.6 is 11.3 Å². The Morgan fingerprint density at radius 3 is 2.62 bits per heavy atom. The Hall–Kier alpha value is -2.70. The number of benzene rings is 2. The van der Waals surface area contributed by atoms with Crippen molar-refractivity contribution in [1.82, 2.24) is 9.88 Å². The minimum Gasteiger partial charge on any atom is -0.491 e. The highest BCUT2D eigenvalue weighted by Crippen LogP contribution is 2.43. The van der Waals surface area contributed by atoms with E-state index in [4.69, 9.17) is 14.7 Å². The van der Waals surface area contributed by atoms with Crippen molar-refractivity contribution < 1.29 is 9.84 Å². The number of aliphatic hydroxyl groups excluding tert-OH is 1. The standard InChI is InChI=1S/C34H45N3O2S/c1-6-23(5)29-19-25(11-14-31(29)39-22(3)4)34-35-20-32(40-34)28-10-8-9-27-26(28)12-13-30(27)36-33(7-2)37-17-15-24(21-38)16-18-37/h8-11,14,19-20,22-24,30,38H,6-7,12-13,15-18,21H2,1-5H3. The molecule has 2 heterocycles. The molecule has 0 spiro atoms. The van der Waals surface area contributed by atoms with Crippen LogP contribution < -0.4 is 4.74 Å². The Bertz CT molecular complexity index is 1320. The van der Waals surface area contributed by atoms with Gasteiger partial charge in [0.1, 0.15) is 10.8 Å². The quantitative estimate of drug-likeness (QED) is 0.212. The second-order valence-corrected chi connectivity index (χ2v) is 12.7. The molecule has 2 aromatic carbocycles. The fourth-order valence-electron chi connectivity index (χ4n) is 6.13. The first kappa shape index (κ1) is 28.8. The van der Waals surface area contributed by atoms with Gasteiger partial charge in [0.05, 0.1) is 22.9 Å². The first-order valence-electron chi connectivity index (χ1n) is 15.2. The molecule has 1 aliphatic heterocycles. The van der Waals surface area contributed by atoms with Gasteiger partial charge in [-0.3, -0.25) is 4.99 Å². The van der Waals surface area contributed by atoms with E-state index < -0.39 is 0 Å². The highest BCUT2D eigenvalue weighted by molar-refractivity contribution is 7.18. The van der Waals surface area contributed by atoms with Gasteiger partial charge in [0.2, 0.25) is 0 Å². The zero-order chi connectivity index (χ0) is 28.2. The van der Waals surface area contributed by atoms with Crippen LogP contribution in [-0.2, 0) is 6.42 Å². The van der Waals surface area contributed by atoms with Crippen molar-refractivity contribution in [2.24, 2.45) is 10.9 Å². The van der Waals surface area contributed by atoms with Crippen LogP contribution in [-0.4, -0.2) is 46.6 Å². The fourth-order valence-corrected chi connectivity index (χ4v) is 7.09. The van der Waals surface area contributed by atoms with Crippen molar-refractivity contribution in [3.8, 4) is 26.8 Å². The molecule has 2 unspecified atom stereocenters. The summed E-state index contributed by atoms with van der Waals surface area (Å²) in [7, 11) is 0. The number of amidine groups is 1. The SMILES string of the molecule is CCC(=NC1CCc2c(-c3cnc(-c4ccc(OC(C)C)c(C(C)CC)c4)s3)cccc21)N1CCC(CO)CC1. The summed E-state index contributed by atoms with van der Waals surface area (Å²) >= 11 is 1.78. The first-order chi connectivity index (χ1) is 19.4. The molecule has 2 atom stereocenters. The summed E-state index contributed by atoms with van der Waals surface area (Å²) in [5, 5.41) is 10.6. The highest BCUT2D eigenvalue weighted by atomic mass is 32.1. The number of piperidine rings is 1. The number of thiazole rings is 1. The summed E-state index contributed by atoms with van der Waals surface area (Å²) in [4.78, 5) is 13.9. The Kier molecular flexibility index (Phi) is 9.27. The second kappa shape index (κ2) is 12.9. The monoisotopic (exact) mass is 559 g/mol. The molecule has 5 nitrogen and oxygen atoms in total. The van der Waals surface area contributed by atoms with Crippen molar-refractivity contribution >= 4 is 17.2 Å². The molecule has 0 bridgehead atoms. The smallest absolute Gasteiger partial charge is 0.123 e. The van der Waals surface area contributed by atoms with Gasteiger partial charge in [0, 0.05) is 37.9 Å². The number of aliphatic imine (C=N–C) groups is 1. The third-order valence-electron chi connectivity index (χ3n) is 8.63. The molecule has 1 fully saturated rings. The second-order valence-electron chi connectivity index (χ2n) is 11.7. The van der Waals surface area contributed by atoms with E-state index in [1.165, 1.54) is 33.0 Å². The van der Waals surface area contributed by atoms with E-state index in [0.717, 1.165) is 67.9 Å². The number of aromatic nitrogens is 1. The van der Waals surface area contributed by atoms with Crippen LogP contribution in [0.15, 0.2) is 47.6 Å². The van der Waals surface area contributed by atoms with Crippen LogP contribution in [0, 0.1) is 5.92 Å². The maximum Gasteiger partial charge on any atom is 0.123 e. The molecule has 40 heavy (non-hydrogen) atoms. The molecule has 1 aliphatic carbocycles. The highest BCUT2D eigenvalue weighted by Gasteiger charge is 2.27. The van der Waals surface area contributed by atoms with Gasteiger partial charge >= 0.3 is 0 Å². The third kappa shape index (κ3) is 6.13. The zero-order valence-electron chi connectivity index (χ0n) is 24.8. The van der Waals surface area contributed by atoms with E-state index in [1.54, 1.807) is 11.3 Å². The van der Waals surface area contributed by atoms with Crippen LogP contribution in [0.3, 0.4) is 0 Å². The number of ether oxygens (including phenoxy) is 1. The normalized spacial score (nSPS) is 18.8. The van der Waals surface area contributed by atoms with E-state index in [-0.39, 0.29) is 12.1 Å². The molecule has 6 heteroatoms. The average molecular weight is 560 g/mol. The van der Waals surface area contributed by atoms with Gasteiger partial charge in [-0.05, 0) is 98.2 Å². The molecule has 214 valence electrons. The van der Waals surface area contributed by atoms with Gasteiger partial charge in [-0.15, -0.1) is 11.3 Å². The molecule has 1 saturated heterocycles. The summed E-state index contributed by atoms with van der Waals surface area (Å²) in [6.45, 7) is 13.2.